The Morgan fingerprint density at radius 2 is 2.37 bits per heavy atom. The van der Waals surface area contributed by atoms with Crippen molar-refractivity contribution in [2.24, 2.45) is 5.41 Å². The zero-order valence-electron chi connectivity index (χ0n) is 11.5. The van der Waals surface area contributed by atoms with Gasteiger partial charge in [-0.3, -0.25) is 4.79 Å². The predicted molar refractivity (Wildman–Crippen MR) is 72.6 cm³/mol. The zero-order chi connectivity index (χ0) is 13.7. The molecule has 0 bridgehead atoms. The van der Waals surface area contributed by atoms with Gasteiger partial charge in [-0.1, -0.05) is 13.3 Å². The minimum absolute atomic E-state index is 0.0229. The molecule has 2 N–H and O–H groups in total. The lowest BCUT2D eigenvalue weighted by Crippen LogP contribution is -2.33. The maximum absolute atomic E-state index is 12.0. The number of carbonyl (C=O) groups is 1. The molecule has 0 aromatic carbocycles. The number of hydrogen-bond acceptors (Lipinski definition) is 3. The summed E-state index contributed by atoms with van der Waals surface area (Å²) in [7, 11) is 0. The maximum Gasteiger partial charge on any atom is 0.222 e. The Labute approximate surface area is 114 Å². The van der Waals surface area contributed by atoms with Crippen molar-refractivity contribution in [2.75, 3.05) is 13.2 Å². The lowest BCUT2D eigenvalue weighted by molar-refractivity contribution is -0.122. The van der Waals surface area contributed by atoms with Crippen molar-refractivity contribution >= 4 is 5.91 Å². The number of aromatic nitrogens is 2. The highest BCUT2D eigenvalue weighted by atomic mass is 16.3. The molecule has 1 atom stereocenters. The summed E-state index contributed by atoms with van der Waals surface area (Å²) in [4.78, 5) is 16.0. The van der Waals surface area contributed by atoms with Crippen molar-refractivity contribution in [1.29, 1.82) is 0 Å². The van der Waals surface area contributed by atoms with Crippen LogP contribution in [0.2, 0.25) is 0 Å². The maximum atomic E-state index is 12.0. The van der Waals surface area contributed by atoms with Gasteiger partial charge in [0, 0.05) is 36.8 Å². The first-order valence-corrected chi connectivity index (χ1v) is 7.04. The fourth-order valence-electron chi connectivity index (χ4n) is 2.32. The molecular formula is C14H23N3O2. The number of rotatable bonds is 8. The molecule has 0 radical (unpaired) electrons. The van der Waals surface area contributed by atoms with E-state index in [9.17, 15) is 9.90 Å². The second-order valence-electron chi connectivity index (χ2n) is 5.59. The summed E-state index contributed by atoms with van der Waals surface area (Å²) < 4.78 is 2.00. The van der Waals surface area contributed by atoms with Gasteiger partial charge < -0.3 is 15.0 Å². The monoisotopic (exact) mass is 265 g/mol. The minimum Gasteiger partial charge on any atom is -0.396 e. The number of imidazole rings is 1. The molecule has 1 amide bonds. The summed E-state index contributed by atoms with van der Waals surface area (Å²) in [6, 6.07) is 0.178. The number of nitrogens with one attached hydrogen (secondary N) is 1. The molecule has 106 valence electrons. The fourth-order valence-corrected chi connectivity index (χ4v) is 2.32. The van der Waals surface area contributed by atoms with Crippen LogP contribution in [-0.2, 0) is 4.79 Å². The van der Waals surface area contributed by atoms with Gasteiger partial charge in [0.05, 0.1) is 12.9 Å². The molecule has 1 heterocycles. The molecule has 0 aliphatic heterocycles. The third-order valence-corrected chi connectivity index (χ3v) is 3.94. The van der Waals surface area contributed by atoms with Crippen molar-refractivity contribution in [1.82, 2.24) is 14.9 Å². The van der Waals surface area contributed by atoms with Crippen LogP contribution in [0.5, 0.6) is 0 Å². The topological polar surface area (TPSA) is 67.2 Å². The SMILES string of the molecule is CCCC(CC(=O)NCC1(CO)CC1)n1ccnc1. The summed E-state index contributed by atoms with van der Waals surface area (Å²) in [5.74, 6) is 0.0619. The van der Waals surface area contributed by atoms with Gasteiger partial charge in [0.25, 0.3) is 0 Å². The number of aliphatic hydroxyl groups is 1. The lowest BCUT2D eigenvalue weighted by atomic mass is 10.1. The van der Waals surface area contributed by atoms with Crippen LogP contribution in [0.3, 0.4) is 0 Å². The Balaban J connectivity index is 1.82. The second kappa shape index (κ2) is 6.19. The van der Waals surface area contributed by atoms with E-state index in [1.165, 1.54) is 0 Å². The summed E-state index contributed by atoms with van der Waals surface area (Å²) in [5.41, 5.74) is -0.0229. The molecule has 2 rings (SSSR count). The standard InChI is InChI=1S/C14H23N3O2/c1-2-3-12(17-7-6-15-11-17)8-13(19)16-9-14(10-18)4-5-14/h6-7,11-12,18H,2-5,8-10H2,1H3,(H,16,19). The third-order valence-electron chi connectivity index (χ3n) is 3.94. The Morgan fingerprint density at radius 1 is 1.58 bits per heavy atom. The first-order valence-electron chi connectivity index (χ1n) is 7.04. The van der Waals surface area contributed by atoms with E-state index < -0.39 is 0 Å². The average Bonchev–Trinajstić information content (AvgIpc) is 2.99. The van der Waals surface area contributed by atoms with Crippen LogP contribution in [0.1, 0.15) is 45.1 Å². The van der Waals surface area contributed by atoms with Gasteiger partial charge in [0.1, 0.15) is 0 Å². The normalized spacial score (nSPS) is 18.0. The molecule has 5 nitrogen and oxygen atoms in total. The summed E-state index contributed by atoms with van der Waals surface area (Å²) >= 11 is 0. The Hall–Kier alpha value is -1.36. The predicted octanol–water partition coefficient (Wildman–Crippen LogP) is 1.50. The molecule has 19 heavy (non-hydrogen) atoms. The molecule has 1 fully saturated rings. The number of nitrogens with zero attached hydrogens (tertiary/aromatic N) is 2. The molecule has 1 unspecified atom stereocenters. The van der Waals surface area contributed by atoms with Crippen LogP contribution in [0.4, 0.5) is 0 Å². The number of carbonyl (C=O) groups excluding carboxylic acids is 1. The van der Waals surface area contributed by atoms with E-state index in [0.717, 1.165) is 25.7 Å². The van der Waals surface area contributed by atoms with Crippen LogP contribution in [0, 0.1) is 5.41 Å². The molecule has 1 aromatic heterocycles. The first-order chi connectivity index (χ1) is 9.19. The highest BCUT2D eigenvalue weighted by Crippen LogP contribution is 2.44. The molecule has 1 aliphatic rings. The quantitative estimate of drug-likeness (QED) is 0.748. The molecule has 1 saturated carbocycles. The van der Waals surface area contributed by atoms with Crippen LogP contribution in [-0.4, -0.2) is 33.7 Å². The Kier molecular flexibility index (Phi) is 4.58. The fraction of sp³-hybridized carbons (Fsp3) is 0.714. The lowest BCUT2D eigenvalue weighted by Gasteiger charge is -2.18. The van der Waals surface area contributed by atoms with E-state index in [1.54, 1.807) is 12.5 Å². The number of hydrogen-bond donors (Lipinski definition) is 2. The molecule has 0 spiro atoms. The summed E-state index contributed by atoms with van der Waals surface area (Å²) in [6.07, 6.45) is 9.93. The van der Waals surface area contributed by atoms with E-state index in [4.69, 9.17) is 0 Å². The van der Waals surface area contributed by atoms with Crippen molar-refractivity contribution < 1.29 is 9.90 Å². The van der Waals surface area contributed by atoms with Crippen molar-refractivity contribution in [3.63, 3.8) is 0 Å². The molecule has 1 aromatic rings. The van der Waals surface area contributed by atoms with Gasteiger partial charge in [-0.2, -0.15) is 0 Å². The van der Waals surface area contributed by atoms with Crippen LogP contribution in [0.15, 0.2) is 18.7 Å². The van der Waals surface area contributed by atoms with E-state index in [-0.39, 0.29) is 24.0 Å². The van der Waals surface area contributed by atoms with Gasteiger partial charge >= 0.3 is 0 Å². The van der Waals surface area contributed by atoms with E-state index in [2.05, 4.69) is 17.2 Å². The van der Waals surface area contributed by atoms with E-state index in [0.29, 0.717) is 13.0 Å². The van der Waals surface area contributed by atoms with Crippen molar-refractivity contribution in [2.45, 2.75) is 45.1 Å². The largest absolute Gasteiger partial charge is 0.396 e. The Bertz CT molecular complexity index is 399. The zero-order valence-corrected chi connectivity index (χ0v) is 11.5. The molecule has 0 saturated heterocycles. The van der Waals surface area contributed by atoms with Gasteiger partial charge in [-0.15, -0.1) is 0 Å². The van der Waals surface area contributed by atoms with Gasteiger partial charge in [0.2, 0.25) is 5.91 Å². The highest BCUT2D eigenvalue weighted by Gasteiger charge is 2.42. The average molecular weight is 265 g/mol. The summed E-state index contributed by atoms with van der Waals surface area (Å²) in [6.45, 7) is 2.89. The molecule has 1 aliphatic carbocycles. The van der Waals surface area contributed by atoms with Gasteiger partial charge in [-0.05, 0) is 19.3 Å². The van der Waals surface area contributed by atoms with Gasteiger partial charge in [-0.25, -0.2) is 4.98 Å². The van der Waals surface area contributed by atoms with Gasteiger partial charge in [0.15, 0.2) is 0 Å². The third kappa shape index (κ3) is 3.80. The first kappa shape index (κ1) is 14.1. The second-order valence-corrected chi connectivity index (χ2v) is 5.59. The molecule has 5 heteroatoms. The van der Waals surface area contributed by atoms with Crippen LogP contribution < -0.4 is 5.32 Å². The number of aliphatic hydroxyl groups excluding tert-OH is 1. The highest BCUT2D eigenvalue weighted by molar-refractivity contribution is 5.76. The smallest absolute Gasteiger partial charge is 0.222 e. The minimum atomic E-state index is -0.0229. The van der Waals surface area contributed by atoms with Crippen LogP contribution in [0.25, 0.3) is 0 Å². The Morgan fingerprint density at radius 3 is 2.89 bits per heavy atom. The molecular weight excluding hydrogens is 242 g/mol. The van der Waals surface area contributed by atoms with Crippen molar-refractivity contribution in [3.05, 3.63) is 18.7 Å². The van der Waals surface area contributed by atoms with Crippen LogP contribution >= 0.6 is 0 Å². The number of amides is 1. The summed E-state index contributed by atoms with van der Waals surface area (Å²) in [5, 5.41) is 12.2. The van der Waals surface area contributed by atoms with E-state index >= 15 is 0 Å². The van der Waals surface area contributed by atoms with E-state index in [1.807, 2.05) is 10.8 Å². The van der Waals surface area contributed by atoms with Crippen molar-refractivity contribution in [3.8, 4) is 0 Å².